The third-order valence-corrected chi connectivity index (χ3v) is 5.12. The van der Waals surface area contributed by atoms with E-state index in [1.165, 1.54) is 17.0 Å². The van der Waals surface area contributed by atoms with Crippen LogP contribution < -0.4 is 5.32 Å². The van der Waals surface area contributed by atoms with Crippen LogP contribution in [0.25, 0.3) is 0 Å². The molecule has 0 aliphatic carbocycles. The number of alkyl halides is 3. The van der Waals surface area contributed by atoms with E-state index in [-0.39, 0.29) is 18.0 Å². The van der Waals surface area contributed by atoms with E-state index in [9.17, 15) is 22.8 Å². The molecular formula is C22H23F3N2O2. The molecule has 0 spiro atoms. The van der Waals surface area contributed by atoms with Gasteiger partial charge < -0.3 is 10.2 Å². The zero-order valence-corrected chi connectivity index (χ0v) is 16.1. The summed E-state index contributed by atoms with van der Waals surface area (Å²) in [6, 6.07) is 12.0. The summed E-state index contributed by atoms with van der Waals surface area (Å²) >= 11 is 0. The Morgan fingerprint density at radius 2 is 1.90 bits per heavy atom. The van der Waals surface area contributed by atoms with E-state index in [2.05, 4.69) is 5.32 Å². The molecule has 1 saturated heterocycles. The van der Waals surface area contributed by atoms with Crippen LogP contribution in [0.2, 0.25) is 0 Å². The minimum atomic E-state index is -4.51. The average Bonchev–Trinajstić information content (AvgIpc) is 2.73. The number of hydrogen-bond donors (Lipinski definition) is 1. The van der Waals surface area contributed by atoms with Gasteiger partial charge in [-0.1, -0.05) is 25.1 Å². The molecule has 154 valence electrons. The zero-order valence-electron chi connectivity index (χ0n) is 16.1. The highest BCUT2D eigenvalue weighted by molar-refractivity contribution is 5.96. The van der Waals surface area contributed by atoms with Crippen molar-refractivity contribution in [2.45, 2.75) is 32.4 Å². The number of nitrogens with zero attached hydrogens (tertiary/aromatic N) is 1. The van der Waals surface area contributed by atoms with Crippen LogP contribution in [0.5, 0.6) is 0 Å². The van der Waals surface area contributed by atoms with Crippen molar-refractivity contribution in [3.8, 4) is 0 Å². The molecule has 1 fully saturated rings. The van der Waals surface area contributed by atoms with Crippen LogP contribution in [0.15, 0.2) is 48.5 Å². The van der Waals surface area contributed by atoms with Crippen molar-refractivity contribution in [2.75, 3.05) is 18.4 Å². The van der Waals surface area contributed by atoms with E-state index in [4.69, 9.17) is 0 Å². The Labute approximate surface area is 167 Å². The summed E-state index contributed by atoms with van der Waals surface area (Å²) in [6.45, 7) is 2.64. The second-order valence-electron chi connectivity index (χ2n) is 7.21. The Kier molecular flexibility index (Phi) is 6.25. The van der Waals surface area contributed by atoms with Gasteiger partial charge in [-0.3, -0.25) is 9.59 Å². The SMILES string of the molecule is CCc1cccc(NC(=O)C2CCCN(C(=O)c3cccc(C(F)(F)F)c3)C2)c1. The summed E-state index contributed by atoms with van der Waals surface area (Å²) in [4.78, 5) is 26.8. The fourth-order valence-electron chi connectivity index (χ4n) is 3.50. The number of likely N-dealkylation sites (tertiary alicyclic amines) is 1. The fraction of sp³-hybridized carbons (Fsp3) is 0.364. The normalized spacial score (nSPS) is 17.1. The molecule has 4 nitrogen and oxygen atoms in total. The van der Waals surface area contributed by atoms with Crippen molar-refractivity contribution in [2.24, 2.45) is 5.92 Å². The summed E-state index contributed by atoms with van der Waals surface area (Å²) in [6.07, 6.45) is -2.40. The van der Waals surface area contributed by atoms with Crippen molar-refractivity contribution in [3.63, 3.8) is 0 Å². The highest BCUT2D eigenvalue weighted by atomic mass is 19.4. The Balaban J connectivity index is 1.68. The largest absolute Gasteiger partial charge is 0.416 e. The quantitative estimate of drug-likeness (QED) is 0.799. The maximum Gasteiger partial charge on any atom is 0.416 e. The number of benzene rings is 2. The van der Waals surface area contributed by atoms with Crippen LogP contribution in [0.1, 0.15) is 41.3 Å². The average molecular weight is 404 g/mol. The first-order chi connectivity index (χ1) is 13.8. The molecule has 1 aliphatic rings. The van der Waals surface area contributed by atoms with Gasteiger partial charge in [0.1, 0.15) is 0 Å². The Hall–Kier alpha value is -2.83. The van der Waals surface area contributed by atoms with Crippen LogP contribution in [0.4, 0.5) is 18.9 Å². The van der Waals surface area contributed by atoms with Crippen molar-refractivity contribution in [1.82, 2.24) is 4.90 Å². The van der Waals surface area contributed by atoms with Crippen LogP contribution in [0.3, 0.4) is 0 Å². The monoisotopic (exact) mass is 404 g/mol. The van der Waals surface area contributed by atoms with Gasteiger partial charge in [0.15, 0.2) is 0 Å². The zero-order chi connectivity index (χ0) is 21.0. The third kappa shape index (κ3) is 5.16. The minimum absolute atomic E-state index is 0.0171. The lowest BCUT2D eigenvalue weighted by molar-refractivity contribution is -0.137. The van der Waals surface area contributed by atoms with E-state index in [1.54, 1.807) is 0 Å². The number of nitrogens with one attached hydrogen (secondary N) is 1. The van der Waals surface area contributed by atoms with Crippen molar-refractivity contribution in [1.29, 1.82) is 0 Å². The number of amides is 2. The molecule has 2 aromatic carbocycles. The van der Waals surface area contributed by atoms with Crippen molar-refractivity contribution >= 4 is 17.5 Å². The molecule has 3 rings (SSSR count). The molecule has 2 aromatic rings. The smallest absolute Gasteiger partial charge is 0.338 e. The number of hydrogen-bond acceptors (Lipinski definition) is 2. The first-order valence-corrected chi connectivity index (χ1v) is 9.64. The van der Waals surface area contributed by atoms with Crippen molar-refractivity contribution < 1.29 is 22.8 Å². The van der Waals surface area contributed by atoms with Gasteiger partial charge in [-0.15, -0.1) is 0 Å². The predicted octanol–water partition coefficient (Wildman–Crippen LogP) is 4.76. The molecule has 1 unspecified atom stereocenters. The summed E-state index contributed by atoms with van der Waals surface area (Å²) in [5.74, 6) is -1.06. The van der Waals surface area contributed by atoms with E-state index in [0.29, 0.717) is 25.1 Å². The highest BCUT2D eigenvalue weighted by Gasteiger charge is 2.33. The summed E-state index contributed by atoms with van der Waals surface area (Å²) in [5.41, 5.74) is 0.936. The number of carbonyl (C=O) groups is 2. The standard InChI is InChI=1S/C22H23F3N2O2/c1-2-15-6-3-10-19(12-15)26-20(28)17-8-5-11-27(14-17)21(29)16-7-4-9-18(13-16)22(23,24)25/h3-4,6-7,9-10,12-13,17H,2,5,8,11,14H2,1H3,(H,26,28). The molecule has 2 amide bonds. The summed E-state index contributed by atoms with van der Waals surface area (Å²) in [5, 5.41) is 2.89. The molecule has 0 aromatic heterocycles. The Bertz CT molecular complexity index is 896. The lowest BCUT2D eigenvalue weighted by Gasteiger charge is -2.32. The topological polar surface area (TPSA) is 49.4 Å². The third-order valence-electron chi connectivity index (χ3n) is 5.12. The molecule has 0 radical (unpaired) electrons. The number of anilines is 1. The van der Waals surface area contributed by atoms with Crippen LogP contribution in [-0.4, -0.2) is 29.8 Å². The number of rotatable bonds is 4. The van der Waals surface area contributed by atoms with Gasteiger partial charge in [0.25, 0.3) is 5.91 Å². The molecule has 1 atom stereocenters. The molecule has 1 aliphatic heterocycles. The van der Waals surface area contributed by atoms with Crippen LogP contribution in [-0.2, 0) is 17.4 Å². The molecule has 1 N–H and O–H groups in total. The lowest BCUT2D eigenvalue weighted by atomic mass is 9.96. The van der Waals surface area contributed by atoms with Gasteiger partial charge in [0, 0.05) is 24.3 Å². The van der Waals surface area contributed by atoms with Crippen LogP contribution >= 0.6 is 0 Å². The van der Waals surface area contributed by atoms with Crippen molar-refractivity contribution in [3.05, 3.63) is 65.2 Å². The van der Waals surface area contributed by atoms with E-state index in [1.807, 2.05) is 31.2 Å². The predicted molar refractivity (Wildman–Crippen MR) is 105 cm³/mol. The molecule has 0 saturated carbocycles. The molecule has 1 heterocycles. The first-order valence-electron chi connectivity index (χ1n) is 9.64. The maximum atomic E-state index is 12.9. The van der Waals surface area contributed by atoms with Gasteiger partial charge >= 0.3 is 6.18 Å². The number of aryl methyl sites for hydroxylation is 1. The summed E-state index contributed by atoms with van der Waals surface area (Å²) in [7, 11) is 0. The second-order valence-corrected chi connectivity index (χ2v) is 7.21. The van der Waals surface area contributed by atoms with E-state index < -0.39 is 23.6 Å². The van der Waals surface area contributed by atoms with Gasteiger partial charge in [-0.25, -0.2) is 0 Å². The second kappa shape index (κ2) is 8.68. The Morgan fingerprint density at radius 1 is 1.14 bits per heavy atom. The Morgan fingerprint density at radius 3 is 2.62 bits per heavy atom. The van der Waals surface area contributed by atoms with Gasteiger partial charge in [-0.05, 0) is 55.2 Å². The van der Waals surface area contributed by atoms with E-state index in [0.717, 1.165) is 24.1 Å². The number of carbonyl (C=O) groups excluding carboxylic acids is 2. The lowest BCUT2D eigenvalue weighted by Crippen LogP contribution is -2.43. The van der Waals surface area contributed by atoms with Gasteiger partial charge in [0.2, 0.25) is 5.91 Å². The van der Waals surface area contributed by atoms with E-state index >= 15 is 0 Å². The fourth-order valence-corrected chi connectivity index (χ4v) is 3.50. The molecule has 7 heteroatoms. The number of piperidine rings is 1. The van der Waals surface area contributed by atoms with Gasteiger partial charge in [-0.2, -0.15) is 13.2 Å². The highest BCUT2D eigenvalue weighted by Crippen LogP contribution is 2.30. The first kappa shape index (κ1) is 20.9. The minimum Gasteiger partial charge on any atom is -0.338 e. The molecule has 29 heavy (non-hydrogen) atoms. The van der Waals surface area contributed by atoms with Crippen LogP contribution in [0, 0.1) is 5.92 Å². The molecule has 0 bridgehead atoms. The summed E-state index contributed by atoms with van der Waals surface area (Å²) < 4.78 is 38.8. The maximum absolute atomic E-state index is 12.9. The molecular weight excluding hydrogens is 381 g/mol. The number of halogens is 3. The van der Waals surface area contributed by atoms with Gasteiger partial charge in [0.05, 0.1) is 11.5 Å².